The molecule has 0 aromatic carbocycles. The van der Waals surface area contributed by atoms with Crippen molar-refractivity contribution in [2.75, 3.05) is 26.2 Å². The van der Waals surface area contributed by atoms with Crippen molar-refractivity contribution in [3.63, 3.8) is 0 Å². The number of carboxylic acid groups (broad SMARTS) is 1. The summed E-state index contributed by atoms with van der Waals surface area (Å²) in [5, 5.41) is 9.63. The summed E-state index contributed by atoms with van der Waals surface area (Å²) in [4.78, 5) is 28.5. The van der Waals surface area contributed by atoms with Gasteiger partial charge in [-0.25, -0.2) is 0 Å². The van der Waals surface area contributed by atoms with Crippen LogP contribution in [0, 0.1) is 11.3 Å². The van der Waals surface area contributed by atoms with E-state index in [0.29, 0.717) is 30.8 Å². The van der Waals surface area contributed by atoms with Gasteiger partial charge >= 0.3 is 5.97 Å². The Morgan fingerprint density at radius 3 is 2.30 bits per heavy atom. The lowest BCUT2D eigenvalue weighted by Crippen LogP contribution is -2.54. The van der Waals surface area contributed by atoms with E-state index in [2.05, 4.69) is 9.80 Å². The SMILES string of the molecule is CCC1(C(=O)O)CCCN(C2CCN(C(=O)C3CCC3)CC2)C1. The van der Waals surface area contributed by atoms with Crippen LogP contribution in [-0.2, 0) is 9.59 Å². The fraction of sp³-hybridized carbons (Fsp3) is 0.889. The van der Waals surface area contributed by atoms with Crippen LogP contribution in [0.15, 0.2) is 0 Å². The molecule has 2 heterocycles. The van der Waals surface area contributed by atoms with E-state index in [1.54, 1.807) is 0 Å². The van der Waals surface area contributed by atoms with Crippen LogP contribution in [0.1, 0.15) is 58.3 Å². The van der Waals surface area contributed by atoms with Crippen LogP contribution in [0.4, 0.5) is 0 Å². The molecule has 1 amide bonds. The van der Waals surface area contributed by atoms with Gasteiger partial charge in [-0.05, 0) is 51.5 Å². The highest BCUT2D eigenvalue weighted by atomic mass is 16.4. The number of piperidine rings is 2. The van der Waals surface area contributed by atoms with Gasteiger partial charge in [-0.2, -0.15) is 0 Å². The van der Waals surface area contributed by atoms with Crippen LogP contribution < -0.4 is 0 Å². The molecule has 3 aliphatic rings. The topological polar surface area (TPSA) is 60.9 Å². The number of carbonyl (C=O) groups is 2. The summed E-state index contributed by atoms with van der Waals surface area (Å²) in [6.45, 7) is 5.39. The number of hydrogen-bond acceptors (Lipinski definition) is 3. The molecule has 130 valence electrons. The molecule has 0 bridgehead atoms. The highest BCUT2D eigenvalue weighted by Gasteiger charge is 2.43. The van der Waals surface area contributed by atoms with Gasteiger partial charge in [0.1, 0.15) is 0 Å². The number of carbonyl (C=O) groups excluding carboxylic acids is 1. The normalized spacial score (nSPS) is 30.9. The highest BCUT2D eigenvalue weighted by molar-refractivity contribution is 5.79. The van der Waals surface area contributed by atoms with Gasteiger partial charge in [0.25, 0.3) is 0 Å². The highest BCUT2D eigenvalue weighted by Crippen LogP contribution is 2.36. The van der Waals surface area contributed by atoms with Crippen LogP contribution in [-0.4, -0.2) is 59.0 Å². The summed E-state index contributed by atoms with van der Waals surface area (Å²) in [6, 6.07) is 0.450. The van der Waals surface area contributed by atoms with Gasteiger partial charge < -0.3 is 10.0 Å². The second-order valence-electron chi connectivity index (χ2n) is 7.70. The summed E-state index contributed by atoms with van der Waals surface area (Å²) in [7, 11) is 0. The Hall–Kier alpha value is -1.10. The first-order valence-electron chi connectivity index (χ1n) is 9.32. The molecule has 0 aromatic heterocycles. The van der Waals surface area contributed by atoms with E-state index in [1.807, 2.05) is 6.92 Å². The molecule has 0 spiro atoms. The Morgan fingerprint density at radius 1 is 1.09 bits per heavy atom. The van der Waals surface area contributed by atoms with E-state index in [1.165, 1.54) is 6.42 Å². The van der Waals surface area contributed by atoms with Crippen molar-refractivity contribution >= 4 is 11.9 Å². The maximum atomic E-state index is 12.3. The van der Waals surface area contributed by atoms with Crippen molar-refractivity contribution in [1.82, 2.24) is 9.80 Å². The predicted octanol–water partition coefficient (Wildman–Crippen LogP) is 2.35. The predicted molar refractivity (Wildman–Crippen MR) is 88.1 cm³/mol. The average molecular weight is 322 g/mol. The second-order valence-corrected chi connectivity index (χ2v) is 7.70. The summed E-state index contributed by atoms with van der Waals surface area (Å²) >= 11 is 0. The second kappa shape index (κ2) is 6.80. The molecule has 1 saturated carbocycles. The van der Waals surface area contributed by atoms with Crippen molar-refractivity contribution < 1.29 is 14.7 Å². The molecule has 23 heavy (non-hydrogen) atoms. The summed E-state index contributed by atoms with van der Waals surface area (Å²) in [5.41, 5.74) is -0.558. The van der Waals surface area contributed by atoms with E-state index < -0.39 is 11.4 Å². The molecule has 3 fully saturated rings. The maximum Gasteiger partial charge on any atom is 0.310 e. The van der Waals surface area contributed by atoms with Crippen LogP contribution in [0.25, 0.3) is 0 Å². The zero-order chi connectivity index (χ0) is 16.4. The molecule has 5 heteroatoms. The van der Waals surface area contributed by atoms with Crippen LogP contribution in [0.5, 0.6) is 0 Å². The lowest BCUT2D eigenvalue weighted by Gasteiger charge is -2.46. The molecule has 1 aliphatic carbocycles. The molecular formula is C18H30N2O3. The van der Waals surface area contributed by atoms with Crippen LogP contribution >= 0.6 is 0 Å². The fourth-order valence-electron chi connectivity index (χ4n) is 4.46. The first kappa shape index (κ1) is 16.7. The quantitative estimate of drug-likeness (QED) is 0.863. The minimum atomic E-state index is -0.637. The third-order valence-corrected chi connectivity index (χ3v) is 6.48. The van der Waals surface area contributed by atoms with E-state index in [0.717, 1.165) is 58.2 Å². The minimum Gasteiger partial charge on any atom is -0.481 e. The summed E-state index contributed by atoms with van der Waals surface area (Å²) in [5.74, 6) is 0.0189. The molecule has 0 radical (unpaired) electrons. The molecular weight excluding hydrogens is 292 g/mol. The van der Waals surface area contributed by atoms with Gasteiger partial charge in [0, 0.05) is 31.6 Å². The molecule has 3 rings (SSSR count). The Balaban J connectivity index is 1.54. The number of hydrogen-bond donors (Lipinski definition) is 1. The van der Waals surface area contributed by atoms with Gasteiger partial charge in [0.05, 0.1) is 5.41 Å². The van der Waals surface area contributed by atoms with Gasteiger partial charge in [-0.1, -0.05) is 13.3 Å². The standard InChI is InChI=1S/C18H30N2O3/c1-2-18(17(22)23)9-4-10-20(13-18)15-7-11-19(12-8-15)16(21)14-5-3-6-14/h14-15H,2-13H2,1H3,(H,22,23). The zero-order valence-electron chi connectivity index (χ0n) is 14.3. The van der Waals surface area contributed by atoms with Gasteiger partial charge in [-0.15, -0.1) is 0 Å². The van der Waals surface area contributed by atoms with Crippen molar-refractivity contribution in [3.05, 3.63) is 0 Å². The number of amides is 1. The summed E-state index contributed by atoms with van der Waals surface area (Å²) < 4.78 is 0. The Morgan fingerprint density at radius 2 is 1.78 bits per heavy atom. The number of aliphatic carboxylic acids is 1. The van der Waals surface area contributed by atoms with Gasteiger partial charge in [0.15, 0.2) is 0 Å². The van der Waals surface area contributed by atoms with E-state index in [9.17, 15) is 14.7 Å². The van der Waals surface area contributed by atoms with Crippen LogP contribution in [0.3, 0.4) is 0 Å². The number of likely N-dealkylation sites (tertiary alicyclic amines) is 2. The number of carboxylic acids is 1. The first-order valence-corrected chi connectivity index (χ1v) is 9.32. The lowest BCUT2D eigenvalue weighted by molar-refractivity contribution is -0.154. The van der Waals surface area contributed by atoms with Gasteiger partial charge in [0.2, 0.25) is 5.91 Å². The third kappa shape index (κ3) is 3.25. The van der Waals surface area contributed by atoms with E-state index in [4.69, 9.17) is 0 Å². The minimum absolute atomic E-state index is 0.293. The first-order chi connectivity index (χ1) is 11.1. The van der Waals surface area contributed by atoms with Crippen LogP contribution in [0.2, 0.25) is 0 Å². The molecule has 1 unspecified atom stereocenters. The number of nitrogens with zero attached hydrogens (tertiary/aromatic N) is 2. The smallest absolute Gasteiger partial charge is 0.310 e. The maximum absolute atomic E-state index is 12.3. The van der Waals surface area contributed by atoms with Crippen molar-refractivity contribution in [3.8, 4) is 0 Å². The van der Waals surface area contributed by atoms with E-state index in [-0.39, 0.29) is 0 Å². The number of rotatable bonds is 4. The van der Waals surface area contributed by atoms with Crippen molar-refractivity contribution in [2.24, 2.45) is 11.3 Å². The van der Waals surface area contributed by atoms with Crippen molar-refractivity contribution in [2.45, 2.75) is 64.3 Å². The Bertz CT molecular complexity index is 455. The lowest BCUT2D eigenvalue weighted by atomic mass is 9.77. The fourth-order valence-corrected chi connectivity index (χ4v) is 4.46. The Kier molecular flexibility index (Phi) is 4.95. The molecule has 1 atom stereocenters. The Labute approximate surface area is 139 Å². The molecule has 2 saturated heterocycles. The summed E-state index contributed by atoms with van der Waals surface area (Å²) in [6.07, 6.45) is 7.82. The molecule has 0 aromatic rings. The zero-order valence-corrected chi connectivity index (χ0v) is 14.3. The molecule has 2 aliphatic heterocycles. The van der Waals surface area contributed by atoms with E-state index >= 15 is 0 Å². The largest absolute Gasteiger partial charge is 0.481 e. The van der Waals surface area contributed by atoms with Gasteiger partial charge in [-0.3, -0.25) is 14.5 Å². The third-order valence-electron chi connectivity index (χ3n) is 6.48. The molecule has 1 N–H and O–H groups in total. The van der Waals surface area contributed by atoms with Crippen molar-refractivity contribution in [1.29, 1.82) is 0 Å². The molecule has 5 nitrogen and oxygen atoms in total. The average Bonchev–Trinajstić information content (AvgIpc) is 2.53. The monoisotopic (exact) mass is 322 g/mol.